The number of rotatable bonds is 3. The van der Waals surface area contributed by atoms with E-state index in [1.807, 2.05) is 49.4 Å². The van der Waals surface area contributed by atoms with E-state index in [2.05, 4.69) is 20.3 Å². The van der Waals surface area contributed by atoms with Crippen molar-refractivity contribution in [2.75, 3.05) is 11.4 Å². The molecule has 1 unspecified atom stereocenters. The molecule has 0 radical (unpaired) electrons. The number of amides is 1. The fourth-order valence-electron chi connectivity index (χ4n) is 3.57. The molecule has 3 heterocycles. The number of para-hydroxylation sites is 1. The van der Waals surface area contributed by atoms with Gasteiger partial charge in [0.25, 0.3) is 5.89 Å². The van der Waals surface area contributed by atoms with Crippen molar-refractivity contribution in [1.82, 2.24) is 20.3 Å². The molecule has 4 aromatic rings. The quantitative estimate of drug-likeness (QED) is 0.566. The van der Waals surface area contributed by atoms with Crippen LogP contribution in [-0.2, 0) is 4.79 Å². The molecule has 2 aromatic carbocycles. The fraction of sp³-hybridized carbons (Fsp3) is 0.200. The largest absolute Gasteiger partial charge is 0.332 e. The zero-order valence-corrected chi connectivity index (χ0v) is 15.8. The number of aromatic amines is 1. The topological polar surface area (TPSA) is 87.9 Å². The molecule has 5 rings (SSSR count). The summed E-state index contributed by atoms with van der Waals surface area (Å²) in [4.78, 5) is 18.8. The molecule has 1 aliphatic heterocycles. The SMILES string of the molecule is Cc1ccc(N2CC(c3noc(-c4n[nH]c5ccccc45)n3)CC2=O)c(Cl)c1. The second kappa shape index (κ2) is 6.45. The lowest BCUT2D eigenvalue weighted by Gasteiger charge is -2.18. The number of fused-ring (bicyclic) bond motifs is 1. The van der Waals surface area contributed by atoms with E-state index < -0.39 is 0 Å². The molecule has 1 fully saturated rings. The van der Waals surface area contributed by atoms with Crippen LogP contribution in [0.15, 0.2) is 47.0 Å². The summed E-state index contributed by atoms with van der Waals surface area (Å²) in [5.41, 5.74) is 3.26. The average Bonchev–Trinajstić information content (AvgIpc) is 3.39. The van der Waals surface area contributed by atoms with E-state index in [0.717, 1.165) is 16.5 Å². The molecular weight excluding hydrogens is 378 g/mol. The summed E-state index contributed by atoms with van der Waals surface area (Å²) >= 11 is 6.34. The molecule has 1 saturated heterocycles. The third-order valence-corrected chi connectivity index (χ3v) is 5.30. The van der Waals surface area contributed by atoms with Crippen molar-refractivity contribution in [2.24, 2.45) is 0 Å². The van der Waals surface area contributed by atoms with Gasteiger partial charge in [-0.1, -0.05) is 41.0 Å². The Hall–Kier alpha value is -3.19. The van der Waals surface area contributed by atoms with Gasteiger partial charge >= 0.3 is 0 Å². The normalized spacial score (nSPS) is 17.0. The summed E-state index contributed by atoms with van der Waals surface area (Å²) in [7, 11) is 0. The number of aromatic nitrogens is 4. The van der Waals surface area contributed by atoms with Crippen LogP contribution < -0.4 is 4.90 Å². The van der Waals surface area contributed by atoms with E-state index in [1.54, 1.807) is 4.90 Å². The third kappa shape index (κ3) is 2.75. The number of aryl methyl sites for hydroxylation is 1. The molecule has 0 aliphatic carbocycles. The predicted octanol–water partition coefficient (Wildman–Crippen LogP) is 4.10. The highest BCUT2D eigenvalue weighted by Crippen LogP contribution is 2.35. The Morgan fingerprint density at radius 3 is 2.96 bits per heavy atom. The first-order valence-electron chi connectivity index (χ1n) is 8.94. The minimum atomic E-state index is -0.160. The van der Waals surface area contributed by atoms with Crippen LogP contribution in [0.4, 0.5) is 5.69 Å². The number of carbonyl (C=O) groups is 1. The van der Waals surface area contributed by atoms with Crippen molar-refractivity contribution in [3.63, 3.8) is 0 Å². The smallest absolute Gasteiger partial charge is 0.279 e. The molecule has 1 amide bonds. The molecular formula is C20H16ClN5O2. The molecule has 1 N–H and O–H groups in total. The van der Waals surface area contributed by atoms with Crippen LogP contribution in [0.3, 0.4) is 0 Å². The number of hydrogen-bond donors (Lipinski definition) is 1. The van der Waals surface area contributed by atoms with Gasteiger partial charge in [-0.25, -0.2) is 0 Å². The van der Waals surface area contributed by atoms with Gasteiger partial charge in [-0.15, -0.1) is 0 Å². The zero-order chi connectivity index (χ0) is 19.3. The van der Waals surface area contributed by atoms with Gasteiger partial charge in [0, 0.05) is 24.3 Å². The maximum Gasteiger partial charge on any atom is 0.279 e. The van der Waals surface area contributed by atoms with E-state index in [1.165, 1.54) is 0 Å². The van der Waals surface area contributed by atoms with Gasteiger partial charge in [-0.2, -0.15) is 10.1 Å². The van der Waals surface area contributed by atoms with Crippen LogP contribution in [0.1, 0.15) is 23.7 Å². The van der Waals surface area contributed by atoms with Crippen LogP contribution in [-0.4, -0.2) is 32.8 Å². The fourth-order valence-corrected chi connectivity index (χ4v) is 3.90. The second-order valence-corrected chi connectivity index (χ2v) is 7.34. The Balaban J connectivity index is 1.43. The molecule has 0 spiro atoms. The minimum absolute atomic E-state index is 0.00711. The zero-order valence-electron chi connectivity index (χ0n) is 15.0. The van der Waals surface area contributed by atoms with Crippen LogP contribution >= 0.6 is 11.6 Å². The summed E-state index contributed by atoms with van der Waals surface area (Å²) in [5.74, 6) is 0.674. The monoisotopic (exact) mass is 393 g/mol. The summed E-state index contributed by atoms with van der Waals surface area (Å²) in [6, 6.07) is 13.4. The predicted molar refractivity (Wildman–Crippen MR) is 105 cm³/mol. The lowest BCUT2D eigenvalue weighted by Crippen LogP contribution is -2.24. The number of benzene rings is 2. The number of H-pyrrole nitrogens is 1. The number of hydrogen-bond acceptors (Lipinski definition) is 5. The van der Waals surface area contributed by atoms with Gasteiger partial charge in [0.05, 0.1) is 16.2 Å². The van der Waals surface area contributed by atoms with Crippen molar-refractivity contribution in [3.8, 4) is 11.6 Å². The summed E-state index contributed by atoms with van der Waals surface area (Å²) in [6.07, 6.45) is 0.310. The maximum atomic E-state index is 12.6. The van der Waals surface area contributed by atoms with E-state index in [-0.39, 0.29) is 11.8 Å². The van der Waals surface area contributed by atoms with Gasteiger partial charge in [-0.3, -0.25) is 9.89 Å². The van der Waals surface area contributed by atoms with Crippen LogP contribution in [0.2, 0.25) is 5.02 Å². The molecule has 28 heavy (non-hydrogen) atoms. The van der Waals surface area contributed by atoms with Crippen molar-refractivity contribution in [1.29, 1.82) is 0 Å². The van der Waals surface area contributed by atoms with Gasteiger partial charge in [0.1, 0.15) is 0 Å². The van der Waals surface area contributed by atoms with Gasteiger partial charge in [0.15, 0.2) is 11.5 Å². The molecule has 8 heteroatoms. The number of nitrogens with one attached hydrogen (secondary N) is 1. The van der Waals surface area contributed by atoms with E-state index in [9.17, 15) is 4.79 Å². The molecule has 7 nitrogen and oxygen atoms in total. The van der Waals surface area contributed by atoms with Crippen molar-refractivity contribution in [3.05, 3.63) is 58.9 Å². The Labute approximate surface area is 165 Å². The van der Waals surface area contributed by atoms with E-state index >= 15 is 0 Å². The van der Waals surface area contributed by atoms with Gasteiger partial charge < -0.3 is 9.42 Å². The maximum absolute atomic E-state index is 12.6. The second-order valence-electron chi connectivity index (χ2n) is 6.94. The first kappa shape index (κ1) is 16.9. The van der Waals surface area contributed by atoms with Crippen molar-refractivity contribution < 1.29 is 9.32 Å². The minimum Gasteiger partial charge on any atom is -0.332 e. The molecule has 0 bridgehead atoms. The third-order valence-electron chi connectivity index (χ3n) is 5.00. The standard InChI is InChI=1S/C20H16ClN5O2/c1-11-6-7-16(14(21)8-11)26-10-12(9-17(26)27)19-22-20(28-25-19)18-13-4-2-3-5-15(13)23-24-18/h2-8,12H,9-10H2,1H3,(H,23,24). The summed E-state index contributed by atoms with van der Waals surface area (Å²) < 4.78 is 5.45. The number of carbonyl (C=O) groups excluding carboxylic acids is 1. The van der Waals surface area contributed by atoms with E-state index in [4.69, 9.17) is 16.1 Å². The highest BCUT2D eigenvalue weighted by atomic mass is 35.5. The Bertz CT molecular complexity index is 1200. The first-order chi connectivity index (χ1) is 13.6. The lowest BCUT2D eigenvalue weighted by atomic mass is 10.1. The van der Waals surface area contributed by atoms with Crippen molar-refractivity contribution >= 4 is 34.1 Å². The molecule has 2 aromatic heterocycles. The molecule has 1 atom stereocenters. The first-order valence-corrected chi connectivity index (χ1v) is 9.31. The van der Waals surface area contributed by atoms with Gasteiger partial charge in [-0.05, 0) is 30.7 Å². The highest BCUT2D eigenvalue weighted by molar-refractivity contribution is 6.34. The Morgan fingerprint density at radius 1 is 1.25 bits per heavy atom. The van der Waals surface area contributed by atoms with Crippen LogP contribution in [0, 0.1) is 6.92 Å². The van der Waals surface area contributed by atoms with Crippen molar-refractivity contribution in [2.45, 2.75) is 19.3 Å². The Morgan fingerprint density at radius 2 is 2.11 bits per heavy atom. The lowest BCUT2D eigenvalue weighted by molar-refractivity contribution is -0.117. The van der Waals surface area contributed by atoms with Crippen LogP contribution in [0.5, 0.6) is 0 Å². The molecule has 140 valence electrons. The average molecular weight is 394 g/mol. The molecule has 1 aliphatic rings. The Kier molecular flexibility index (Phi) is 3.91. The number of halogens is 1. The van der Waals surface area contributed by atoms with Crippen LogP contribution in [0.25, 0.3) is 22.5 Å². The highest BCUT2D eigenvalue weighted by Gasteiger charge is 2.35. The number of anilines is 1. The summed E-state index contributed by atoms with van der Waals surface area (Å²) in [6.45, 7) is 2.42. The number of nitrogens with zero attached hydrogens (tertiary/aromatic N) is 4. The van der Waals surface area contributed by atoms with E-state index in [0.29, 0.717) is 41.1 Å². The summed E-state index contributed by atoms with van der Waals surface area (Å²) in [5, 5.41) is 12.8. The van der Waals surface area contributed by atoms with Gasteiger partial charge in [0.2, 0.25) is 5.91 Å². The molecule has 0 saturated carbocycles.